The van der Waals surface area contributed by atoms with E-state index in [1.165, 1.54) is 17.9 Å². The molecule has 0 fully saturated rings. The van der Waals surface area contributed by atoms with Gasteiger partial charge in [0.15, 0.2) is 5.69 Å². The SMILES string of the molecule is COC(=O)c1c(N)c(C#N)cn1-c1ccc(-n2cnc(C)c2)c(OC)c1. The fourth-order valence-electron chi connectivity index (χ4n) is 2.70. The number of hydrogen-bond acceptors (Lipinski definition) is 6. The summed E-state index contributed by atoms with van der Waals surface area (Å²) in [5.74, 6) is -0.0567. The second-order valence-electron chi connectivity index (χ2n) is 5.56. The Morgan fingerprint density at radius 1 is 1.31 bits per heavy atom. The van der Waals surface area contributed by atoms with Crippen LogP contribution >= 0.6 is 0 Å². The summed E-state index contributed by atoms with van der Waals surface area (Å²) >= 11 is 0. The van der Waals surface area contributed by atoms with Gasteiger partial charge in [-0.05, 0) is 19.1 Å². The Morgan fingerprint density at radius 2 is 2.08 bits per heavy atom. The molecule has 0 atom stereocenters. The van der Waals surface area contributed by atoms with E-state index in [0.717, 1.165) is 11.4 Å². The van der Waals surface area contributed by atoms with Crippen LogP contribution < -0.4 is 10.5 Å². The molecule has 3 aromatic rings. The van der Waals surface area contributed by atoms with E-state index in [1.54, 1.807) is 25.6 Å². The van der Waals surface area contributed by atoms with Crippen LogP contribution in [0.15, 0.2) is 36.9 Å². The molecule has 0 radical (unpaired) electrons. The van der Waals surface area contributed by atoms with Crippen molar-refractivity contribution in [1.82, 2.24) is 14.1 Å². The smallest absolute Gasteiger partial charge is 0.357 e. The van der Waals surface area contributed by atoms with Gasteiger partial charge in [0.05, 0.1) is 43.2 Å². The van der Waals surface area contributed by atoms with Crippen LogP contribution in [0.4, 0.5) is 5.69 Å². The molecule has 0 aliphatic heterocycles. The number of nitriles is 1. The summed E-state index contributed by atoms with van der Waals surface area (Å²) in [6.07, 6.45) is 5.06. The first-order valence-electron chi connectivity index (χ1n) is 7.68. The Bertz CT molecular complexity index is 1030. The van der Waals surface area contributed by atoms with E-state index in [2.05, 4.69) is 4.98 Å². The van der Waals surface area contributed by atoms with Crippen molar-refractivity contribution in [2.75, 3.05) is 20.0 Å². The summed E-state index contributed by atoms with van der Waals surface area (Å²) in [5, 5.41) is 9.22. The minimum absolute atomic E-state index is 0.0765. The van der Waals surface area contributed by atoms with Gasteiger partial charge < -0.3 is 24.3 Å². The summed E-state index contributed by atoms with van der Waals surface area (Å²) in [5.41, 5.74) is 8.57. The zero-order valence-electron chi connectivity index (χ0n) is 14.6. The lowest BCUT2D eigenvalue weighted by Crippen LogP contribution is -2.11. The normalized spacial score (nSPS) is 10.4. The fourth-order valence-corrected chi connectivity index (χ4v) is 2.70. The van der Waals surface area contributed by atoms with Gasteiger partial charge in [-0.1, -0.05) is 0 Å². The molecule has 0 saturated carbocycles. The predicted octanol–water partition coefficient (Wildman–Crippen LogP) is 2.22. The second kappa shape index (κ2) is 6.64. The lowest BCUT2D eigenvalue weighted by Gasteiger charge is -2.13. The molecule has 0 saturated heterocycles. The summed E-state index contributed by atoms with van der Waals surface area (Å²) in [4.78, 5) is 16.3. The van der Waals surface area contributed by atoms with Crippen molar-refractivity contribution < 1.29 is 14.3 Å². The van der Waals surface area contributed by atoms with Crippen molar-refractivity contribution >= 4 is 11.7 Å². The van der Waals surface area contributed by atoms with E-state index < -0.39 is 5.97 Å². The first-order valence-corrected chi connectivity index (χ1v) is 7.68. The summed E-state index contributed by atoms with van der Waals surface area (Å²) in [6.45, 7) is 1.89. The van der Waals surface area contributed by atoms with Gasteiger partial charge in [0.2, 0.25) is 0 Å². The average molecular weight is 351 g/mol. The van der Waals surface area contributed by atoms with E-state index in [0.29, 0.717) is 11.4 Å². The molecule has 26 heavy (non-hydrogen) atoms. The third-order valence-corrected chi connectivity index (χ3v) is 3.97. The number of nitrogens with two attached hydrogens (primary N) is 1. The second-order valence-corrected chi connectivity index (χ2v) is 5.56. The first kappa shape index (κ1) is 17.1. The number of methoxy groups -OCH3 is 2. The van der Waals surface area contributed by atoms with Gasteiger partial charge in [0, 0.05) is 24.1 Å². The van der Waals surface area contributed by atoms with E-state index in [9.17, 15) is 10.1 Å². The van der Waals surface area contributed by atoms with E-state index in [1.807, 2.05) is 29.8 Å². The molecule has 3 rings (SSSR count). The number of aryl methyl sites for hydroxylation is 1. The predicted molar refractivity (Wildman–Crippen MR) is 94.6 cm³/mol. The van der Waals surface area contributed by atoms with Gasteiger partial charge in [-0.2, -0.15) is 5.26 Å². The van der Waals surface area contributed by atoms with Gasteiger partial charge in [0.1, 0.15) is 11.8 Å². The number of esters is 1. The molecule has 132 valence electrons. The molecule has 1 aromatic carbocycles. The van der Waals surface area contributed by atoms with Crippen LogP contribution in [-0.2, 0) is 4.74 Å². The third-order valence-electron chi connectivity index (χ3n) is 3.97. The molecule has 0 spiro atoms. The van der Waals surface area contributed by atoms with Crippen LogP contribution in [-0.4, -0.2) is 34.3 Å². The highest BCUT2D eigenvalue weighted by molar-refractivity contribution is 5.96. The molecule has 0 bridgehead atoms. The zero-order chi connectivity index (χ0) is 18.8. The van der Waals surface area contributed by atoms with Crippen LogP contribution in [0.25, 0.3) is 11.4 Å². The fraction of sp³-hybridized carbons (Fsp3) is 0.167. The maximum Gasteiger partial charge on any atom is 0.357 e. The minimum atomic E-state index is -0.628. The summed E-state index contributed by atoms with van der Waals surface area (Å²) in [6, 6.07) is 7.35. The van der Waals surface area contributed by atoms with Crippen molar-refractivity contribution in [2.45, 2.75) is 6.92 Å². The van der Waals surface area contributed by atoms with Crippen LogP contribution in [0, 0.1) is 18.3 Å². The van der Waals surface area contributed by atoms with E-state index >= 15 is 0 Å². The van der Waals surface area contributed by atoms with Crippen LogP contribution in [0.2, 0.25) is 0 Å². The van der Waals surface area contributed by atoms with Crippen LogP contribution in [0.5, 0.6) is 5.75 Å². The van der Waals surface area contributed by atoms with Crippen molar-refractivity contribution in [3.8, 4) is 23.2 Å². The molecular formula is C18H17N5O3. The Balaban J connectivity index is 2.17. The molecule has 0 aliphatic rings. The molecule has 0 amide bonds. The Kier molecular flexibility index (Phi) is 4.37. The highest BCUT2D eigenvalue weighted by Gasteiger charge is 2.22. The number of rotatable bonds is 4. The van der Waals surface area contributed by atoms with E-state index in [-0.39, 0.29) is 16.9 Å². The number of imidazole rings is 1. The van der Waals surface area contributed by atoms with Crippen molar-refractivity contribution in [2.24, 2.45) is 0 Å². The van der Waals surface area contributed by atoms with Crippen LogP contribution in [0.1, 0.15) is 21.7 Å². The number of aromatic nitrogens is 3. The summed E-state index contributed by atoms with van der Waals surface area (Å²) < 4.78 is 13.6. The van der Waals surface area contributed by atoms with Gasteiger partial charge in [-0.25, -0.2) is 9.78 Å². The number of anilines is 1. The van der Waals surface area contributed by atoms with Gasteiger partial charge in [-0.15, -0.1) is 0 Å². The Labute approximate surface area is 150 Å². The van der Waals surface area contributed by atoms with Crippen LogP contribution in [0.3, 0.4) is 0 Å². The van der Waals surface area contributed by atoms with Gasteiger partial charge >= 0.3 is 5.97 Å². The highest BCUT2D eigenvalue weighted by Crippen LogP contribution is 2.30. The Hall–Kier alpha value is -3.73. The quantitative estimate of drug-likeness (QED) is 0.722. The van der Waals surface area contributed by atoms with E-state index in [4.69, 9.17) is 15.2 Å². The lowest BCUT2D eigenvalue weighted by molar-refractivity contribution is 0.0593. The topological polar surface area (TPSA) is 108 Å². The maximum absolute atomic E-state index is 12.1. The molecule has 8 nitrogen and oxygen atoms in total. The monoisotopic (exact) mass is 351 g/mol. The maximum atomic E-state index is 12.1. The highest BCUT2D eigenvalue weighted by atomic mass is 16.5. The molecular weight excluding hydrogens is 334 g/mol. The zero-order valence-corrected chi connectivity index (χ0v) is 14.6. The Morgan fingerprint density at radius 3 is 2.65 bits per heavy atom. The first-order chi connectivity index (χ1) is 12.5. The minimum Gasteiger partial charge on any atom is -0.494 e. The van der Waals surface area contributed by atoms with Gasteiger partial charge in [0.25, 0.3) is 0 Å². The number of hydrogen-bond donors (Lipinski definition) is 1. The number of carbonyl (C=O) groups excluding carboxylic acids is 1. The number of carbonyl (C=O) groups is 1. The van der Waals surface area contributed by atoms with Gasteiger partial charge in [-0.3, -0.25) is 0 Å². The number of nitrogen functional groups attached to an aromatic ring is 1. The number of nitrogens with zero attached hydrogens (tertiary/aromatic N) is 4. The molecule has 2 N–H and O–H groups in total. The molecule has 2 heterocycles. The number of ether oxygens (including phenoxy) is 2. The molecule has 0 unspecified atom stereocenters. The third kappa shape index (κ3) is 2.75. The van der Waals surface area contributed by atoms with Crippen molar-refractivity contribution in [3.05, 3.63) is 53.9 Å². The van der Waals surface area contributed by atoms with Crippen molar-refractivity contribution in [1.29, 1.82) is 5.26 Å². The molecule has 8 heteroatoms. The lowest BCUT2D eigenvalue weighted by atomic mass is 10.2. The molecule has 2 aromatic heterocycles. The summed E-state index contributed by atoms with van der Waals surface area (Å²) in [7, 11) is 2.81. The largest absolute Gasteiger partial charge is 0.494 e. The number of benzene rings is 1. The molecule has 0 aliphatic carbocycles. The average Bonchev–Trinajstić information content (AvgIpc) is 3.23. The van der Waals surface area contributed by atoms with Crippen molar-refractivity contribution in [3.63, 3.8) is 0 Å². The standard InChI is InChI=1S/C18H17N5O3/c1-11-8-22(10-21-11)14-5-4-13(6-15(14)25-2)23-9-12(7-19)16(20)17(23)18(24)26-3/h4-6,8-10H,20H2,1-3H3.